The van der Waals surface area contributed by atoms with Gasteiger partial charge < -0.3 is 10.6 Å². The summed E-state index contributed by atoms with van der Waals surface area (Å²) >= 11 is 0. The fraction of sp³-hybridized carbons (Fsp3) is 0.714. The fourth-order valence-electron chi connectivity index (χ4n) is 2.60. The van der Waals surface area contributed by atoms with Gasteiger partial charge in [0, 0.05) is 52.4 Å². The molecule has 25 heavy (non-hydrogen) atoms. The lowest BCUT2D eigenvalue weighted by molar-refractivity contribution is -0.184. The van der Waals surface area contributed by atoms with Crippen LogP contribution in [0.4, 0.5) is 13.2 Å². The Morgan fingerprint density at radius 1 is 1.36 bits per heavy atom. The lowest BCUT2D eigenvalue weighted by Crippen LogP contribution is -2.57. The molecule has 1 fully saturated rings. The van der Waals surface area contributed by atoms with Gasteiger partial charge in [-0.3, -0.25) is 14.4 Å². The molecule has 0 bridgehead atoms. The van der Waals surface area contributed by atoms with Gasteiger partial charge in [-0.15, -0.1) is 24.8 Å². The molecule has 2 rings (SSSR count). The van der Waals surface area contributed by atoms with Gasteiger partial charge in [0.2, 0.25) is 5.91 Å². The van der Waals surface area contributed by atoms with E-state index >= 15 is 0 Å². The number of aryl methyl sites for hydroxylation is 2. The van der Waals surface area contributed by atoms with Gasteiger partial charge in [0.15, 0.2) is 0 Å². The molecule has 1 aromatic heterocycles. The summed E-state index contributed by atoms with van der Waals surface area (Å²) in [6.07, 6.45) is -0.311. The molecular formula is C14H24Cl2F3N5O. The van der Waals surface area contributed by atoms with Gasteiger partial charge in [0.1, 0.15) is 6.04 Å². The maximum absolute atomic E-state index is 13.2. The molecule has 1 saturated heterocycles. The highest BCUT2D eigenvalue weighted by molar-refractivity contribution is 5.85. The summed E-state index contributed by atoms with van der Waals surface area (Å²) in [6, 6.07) is -1.63. The summed E-state index contributed by atoms with van der Waals surface area (Å²) in [5.41, 5.74) is 0.886. The normalized spacial score (nSPS) is 16.5. The third-order valence-electron chi connectivity index (χ3n) is 3.86. The van der Waals surface area contributed by atoms with Crippen molar-refractivity contribution in [2.75, 3.05) is 32.7 Å². The number of carbonyl (C=O) groups excluding carboxylic acids is 1. The molecule has 1 unspecified atom stereocenters. The van der Waals surface area contributed by atoms with Gasteiger partial charge >= 0.3 is 6.18 Å². The highest BCUT2D eigenvalue weighted by atomic mass is 35.5. The smallest absolute Gasteiger partial charge is 0.354 e. The second-order valence-corrected chi connectivity index (χ2v) is 5.67. The number of hydrogen-bond acceptors (Lipinski definition) is 4. The zero-order chi connectivity index (χ0) is 16.9. The molecule has 1 amide bonds. The molecule has 0 spiro atoms. The Kier molecular flexibility index (Phi) is 10.4. The molecule has 1 aliphatic rings. The van der Waals surface area contributed by atoms with E-state index in [-0.39, 0.29) is 37.1 Å². The van der Waals surface area contributed by atoms with Crippen LogP contribution in [-0.4, -0.2) is 65.5 Å². The van der Waals surface area contributed by atoms with Crippen LogP contribution < -0.4 is 10.6 Å². The second kappa shape index (κ2) is 10.8. The van der Waals surface area contributed by atoms with Crippen molar-refractivity contribution in [2.24, 2.45) is 7.05 Å². The maximum atomic E-state index is 13.2. The van der Waals surface area contributed by atoms with Crippen LogP contribution in [0.3, 0.4) is 0 Å². The third-order valence-corrected chi connectivity index (χ3v) is 3.86. The Hall–Kier alpha value is -1.03. The molecule has 0 aromatic carbocycles. The highest BCUT2D eigenvalue weighted by Gasteiger charge is 2.43. The maximum Gasteiger partial charge on any atom is 0.405 e. The first-order valence-corrected chi connectivity index (χ1v) is 7.62. The summed E-state index contributed by atoms with van der Waals surface area (Å²) < 4.78 is 41.2. The van der Waals surface area contributed by atoms with Crippen LogP contribution in [-0.2, 0) is 18.3 Å². The molecular weight excluding hydrogens is 382 g/mol. The number of carbonyl (C=O) groups is 1. The monoisotopic (exact) mass is 405 g/mol. The minimum Gasteiger partial charge on any atom is -0.354 e. The van der Waals surface area contributed by atoms with Crippen molar-refractivity contribution < 1.29 is 18.0 Å². The van der Waals surface area contributed by atoms with Crippen molar-refractivity contribution in [2.45, 2.75) is 25.1 Å². The molecule has 2 N–H and O–H groups in total. The van der Waals surface area contributed by atoms with Gasteiger partial charge in [-0.1, -0.05) is 0 Å². The number of hydrogen-bond donors (Lipinski definition) is 2. The summed E-state index contributed by atoms with van der Waals surface area (Å²) in [7, 11) is 1.77. The number of nitrogens with one attached hydrogen (secondary N) is 2. The van der Waals surface area contributed by atoms with Crippen molar-refractivity contribution >= 4 is 30.7 Å². The molecule has 1 atom stereocenters. The molecule has 6 nitrogen and oxygen atoms in total. The van der Waals surface area contributed by atoms with E-state index in [9.17, 15) is 18.0 Å². The summed E-state index contributed by atoms with van der Waals surface area (Å²) in [5.74, 6) is -0.377. The van der Waals surface area contributed by atoms with Gasteiger partial charge in [-0.05, 0) is 12.0 Å². The van der Waals surface area contributed by atoms with E-state index in [1.54, 1.807) is 24.1 Å². The van der Waals surface area contributed by atoms with Crippen molar-refractivity contribution in [1.82, 2.24) is 25.3 Å². The molecule has 2 heterocycles. The zero-order valence-corrected chi connectivity index (χ0v) is 15.5. The first kappa shape index (κ1) is 24.0. The van der Waals surface area contributed by atoms with Crippen LogP contribution >= 0.6 is 24.8 Å². The second-order valence-electron chi connectivity index (χ2n) is 5.67. The van der Waals surface area contributed by atoms with Crippen molar-refractivity contribution in [3.8, 4) is 0 Å². The first-order valence-electron chi connectivity index (χ1n) is 7.62. The van der Waals surface area contributed by atoms with Crippen molar-refractivity contribution in [1.29, 1.82) is 0 Å². The van der Waals surface area contributed by atoms with E-state index < -0.39 is 18.8 Å². The summed E-state index contributed by atoms with van der Waals surface area (Å²) in [5, 5.41) is 9.42. The lowest BCUT2D eigenvalue weighted by atomic mass is 10.1. The van der Waals surface area contributed by atoms with E-state index in [0.29, 0.717) is 32.6 Å². The van der Waals surface area contributed by atoms with E-state index in [4.69, 9.17) is 0 Å². The molecule has 1 aliphatic heterocycles. The number of aromatic nitrogens is 2. The van der Waals surface area contributed by atoms with Crippen LogP contribution in [0.25, 0.3) is 0 Å². The predicted octanol–water partition coefficient (Wildman–Crippen LogP) is 1.15. The van der Waals surface area contributed by atoms with Crippen LogP contribution in [0.1, 0.15) is 12.0 Å². The molecule has 0 aliphatic carbocycles. The van der Waals surface area contributed by atoms with Gasteiger partial charge in [0.05, 0.1) is 6.20 Å². The number of piperazine rings is 1. The number of alkyl halides is 3. The molecule has 146 valence electrons. The lowest BCUT2D eigenvalue weighted by Gasteiger charge is -2.35. The number of nitrogens with zero attached hydrogens (tertiary/aromatic N) is 3. The summed E-state index contributed by atoms with van der Waals surface area (Å²) in [6.45, 7) is 1.31. The standard InChI is InChI=1S/C14H22F3N5O.2ClH/c1-21-10-11(8-20-21)2-3-13(23)19-9-12(14(15,16)17)22-6-4-18-5-7-22;;/h8,10,12,18H,2-7,9H2,1H3,(H,19,23);2*1H. The van der Waals surface area contributed by atoms with Gasteiger partial charge in [-0.2, -0.15) is 18.3 Å². The van der Waals surface area contributed by atoms with E-state index in [0.717, 1.165) is 5.56 Å². The highest BCUT2D eigenvalue weighted by Crippen LogP contribution is 2.24. The van der Waals surface area contributed by atoms with Crippen LogP contribution in [0.15, 0.2) is 12.4 Å². The van der Waals surface area contributed by atoms with E-state index in [1.165, 1.54) is 4.90 Å². The first-order chi connectivity index (χ1) is 10.9. The Balaban J connectivity index is 0.00000288. The number of amides is 1. The third kappa shape index (κ3) is 7.81. The van der Waals surface area contributed by atoms with Crippen LogP contribution in [0.5, 0.6) is 0 Å². The van der Waals surface area contributed by atoms with Gasteiger partial charge in [0.25, 0.3) is 0 Å². The van der Waals surface area contributed by atoms with E-state index in [2.05, 4.69) is 15.7 Å². The van der Waals surface area contributed by atoms with Crippen LogP contribution in [0, 0.1) is 0 Å². The molecule has 11 heteroatoms. The Labute approximate surface area is 157 Å². The van der Waals surface area contributed by atoms with E-state index in [1.807, 2.05) is 0 Å². The minimum absolute atomic E-state index is 0. The average Bonchev–Trinajstić information content (AvgIpc) is 2.91. The zero-order valence-electron chi connectivity index (χ0n) is 13.9. The molecule has 1 aromatic rings. The average molecular weight is 406 g/mol. The predicted molar refractivity (Wildman–Crippen MR) is 93.3 cm³/mol. The topological polar surface area (TPSA) is 62.2 Å². The minimum atomic E-state index is -4.35. The molecule has 0 saturated carbocycles. The quantitative estimate of drug-likeness (QED) is 0.744. The Morgan fingerprint density at radius 2 is 2.00 bits per heavy atom. The Bertz CT molecular complexity index is 521. The fourth-order valence-corrected chi connectivity index (χ4v) is 2.60. The van der Waals surface area contributed by atoms with Gasteiger partial charge in [-0.25, -0.2) is 0 Å². The SMILES string of the molecule is Cl.Cl.Cn1cc(CCC(=O)NCC(N2CCNCC2)C(F)(F)F)cn1. The molecule has 0 radical (unpaired) electrons. The largest absolute Gasteiger partial charge is 0.405 e. The van der Waals surface area contributed by atoms with Crippen LogP contribution in [0.2, 0.25) is 0 Å². The van der Waals surface area contributed by atoms with Crippen molar-refractivity contribution in [3.05, 3.63) is 18.0 Å². The number of halogens is 5. The van der Waals surface area contributed by atoms with Crippen molar-refractivity contribution in [3.63, 3.8) is 0 Å². The number of rotatable bonds is 6. The Morgan fingerprint density at radius 3 is 2.52 bits per heavy atom. The summed E-state index contributed by atoms with van der Waals surface area (Å²) in [4.78, 5) is 13.2.